The molecule has 0 aromatic heterocycles. The van der Waals surface area contributed by atoms with Gasteiger partial charge >= 0.3 is 0 Å². The van der Waals surface area contributed by atoms with Gasteiger partial charge in [0.2, 0.25) is 5.91 Å². The van der Waals surface area contributed by atoms with Crippen LogP contribution in [0.2, 0.25) is 0 Å². The topological polar surface area (TPSA) is 46.3 Å². The number of carbonyl (C=O) groups is 1. The quantitative estimate of drug-likeness (QED) is 0.807. The predicted octanol–water partition coefficient (Wildman–Crippen LogP) is 1.72. The summed E-state index contributed by atoms with van der Waals surface area (Å²) in [5, 5.41) is 0. The van der Waals surface area contributed by atoms with E-state index in [0.717, 1.165) is 36.8 Å². The van der Waals surface area contributed by atoms with Crippen molar-refractivity contribution < 1.29 is 4.79 Å². The lowest BCUT2D eigenvalue weighted by atomic mass is 10.0. The molecule has 3 rings (SSSR count). The summed E-state index contributed by atoms with van der Waals surface area (Å²) >= 11 is 0. The van der Waals surface area contributed by atoms with Gasteiger partial charge in [0.15, 0.2) is 0 Å². The Labute approximate surface area is 110 Å². The first-order valence-corrected chi connectivity index (χ1v) is 7.66. The Morgan fingerprint density at radius 2 is 1.94 bits per heavy atom. The molecule has 3 aliphatic carbocycles. The van der Waals surface area contributed by atoms with E-state index in [1.165, 1.54) is 19.3 Å². The minimum Gasteiger partial charge on any atom is -0.342 e. The fraction of sp³-hybridized carbons (Fsp3) is 0.933. The Hall–Kier alpha value is -0.570. The summed E-state index contributed by atoms with van der Waals surface area (Å²) in [4.78, 5) is 14.7. The van der Waals surface area contributed by atoms with E-state index in [2.05, 4.69) is 18.7 Å². The molecule has 0 aliphatic heterocycles. The summed E-state index contributed by atoms with van der Waals surface area (Å²) in [6.07, 6.45) is 4.20. The van der Waals surface area contributed by atoms with Crippen LogP contribution in [0.3, 0.4) is 0 Å². The summed E-state index contributed by atoms with van der Waals surface area (Å²) in [6, 6.07) is 0. The Bertz CT molecular complexity index is 327. The smallest absolute Gasteiger partial charge is 0.226 e. The van der Waals surface area contributed by atoms with Crippen molar-refractivity contribution >= 4 is 5.91 Å². The van der Waals surface area contributed by atoms with Crippen molar-refractivity contribution in [2.24, 2.45) is 41.2 Å². The molecule has 0 saturated heterocycles. The molecule has 5 atom stereocenters. The highest BCUT2D eigenvalue weighted by atomic mass is 16.2. The summed E-state index contributed by atoms with van der Waals surface area (Å²) in [5.41, 5.74) is 5.67. The first kappa shape index (κ1) is 12.5. The second kappa shape index (κ2) is 4.52. The molecule has 3 fully saturated rings. The molecule has 1 amide bonds. The van der Waals surface area contributed by atoms with E-state index in [0.29, 0.717) is 24.3 Å². The van der Waals surface area contributed by atoms with Crippen molar-refractivity contribution in [3.63, 3.8) is 0 Å². The molecule has 3 aliphatic rings. The Morgan fingerprint density at radius 3 is 2.44 bits per heavy atom. The predicted molar refractivity (Wildman–Crippen MR) is 71.8 cm³/mol. The molecule has 2 N–H and O–H groups in total. The van der Waals surface area contributed by atoms with E-state index in [1.54, 1.807) is 0 Å². The summed E-state index contributed by atoms with van der Waals surface area (Å²) < 4.78 is 0. The molecule has 3 heteroatoms. The third-order valence-electron chi connectivity index (χ3n) is 5.65. The molecule has 0 heterocycles. The van der Waals surface area contributed by atoms with Crippen LogP contribution < -0.4 is 5.73 Å². The molecular weight excluding hydrogens is 224 g/mol. The van der Waals surface area contributed by atoms with Crippen LogP contribution in [-0.4, -0.2) is 30.4 Å². The molecule has 0 radical (unpaired) electrons. The number of fused-ring (bicyclic) bond motifs is 5. The van der Waals surface area contributed by atoms with Gasteiger partial charge in [0, 0.05) is 19.0 Å². The average molecular weight is 250 g/mol. The first-order chi connectivity index (χ1) is 8.67. The molecule has 3 saturated carbocycles. The second-order valence-electron chi connectivity index (χ2n) is 6.73. The fourth-order valence-corrected chi connectivity index (χ4v) is 4.69. The monoisotopic (exact) mass is 250 g/mol. The van der Waals surface area contributed by atoms with Crippen LogP contribution in [0.25, 0.3) is 0 Å². The Morgan fingerprint density at radius 1 is 1.33 bits per heavy atom. The molecular formula is C15H26N2O. The van der Waals surface area contributed by atoms with Crippen LogP contribution in [-0.2, 0) is 4.79 Å². The van der Waals surface area contributed by atoms with E-state index in [-0.39, 0.29) is 0 Å². The van der Waals surface area contributed by atoms with E-state index < -0.39 is 0 Å². The fourth-order valence-electron chi connectivity index (χ4n) is 4.69. The first-order valence-electron chi connectivity index (χ1n) is 7.66. The van der Waals surface area contributed by atoms with Gasteiger partial charge in [-0.25, -0.2) is 0 Å². The van der Waals surface area contributed by atoms with Crippen molar-refractivity contribution in [1.82, 2.24) is 4.90 Å². The van der Waals surface area contributed by atoms with Crippen molar-refractivity contribution in [1.29, 1.82) is 0 Å². The molecule has 3 nitrogen and oxygen atoms in total. The van der Waals surface area contributed by atoms with Gasteiger partial charge in [-0.1, -0.05) is 6.92 Å². The van der Waals surface area contributed by atoms with Gasteiger partial charge in [-0.15, -0.1) is 0 Å². The van der Waals surface area contributed by atoms with Crippen LogP contribution in [0.1, 0.15) is 33.1 Å². The number of rotatable bonds is 5. The van der Waals surface area contributed by atoms with E-state index in [1.807, 2.05) is 0 Å². The largest absolute Gasteiger partial charge is 0.342 e. The lowest BCUT2D eigenvalue weighted by molar-refractivity contribution is -0.134. The summed E-state index contributed by atoms with van der Waals surface area (Å²) in [7, 11) is 0. The maximum Gasteiger partial charge on any atom is 0.226 e. The lowest BCUT2D eigenvalue weighted by Crippen LogP contribution is -2.38. The summed E-state index contributed by atoms with van der Waals surface area (Å²) in [6.45, 7) is 6.58. The Balaban J connectivity index is 1.61. The van der Waals surface area contributed by atoms with Crippen LogP contribution in [0.4, 0.5) is 0 Å². The third-order valence-corrected chi connectivity index (χ3v) is 5.65. The van der Waals surface area contributed by atoms with Gasteiger partial charge in [-0.2, -0.15) is 0 Å². The van der Waals surface area contributed by atoms with E-state index in [4.69, 9.17) is 5.73 Å². The highest BCUT2D eigenvalue weighted by Crippen LogP contribution is 2.69. The lowest BCUT2D eigenvalue weighted by Gasteiger charge is -2.25. The molecule has 0 spiro atoms. The minimum atomic E-state index is 0.390. The molecule has 0 aromatic rings. The van der Waals surface area contributed by atoms with Gasteiger partial charge in [0.1, 0.15) is 0 Å². The zero-order valence-corrected chi connectivity index (χ0v) is 11.6. The average Bonchev–Trinajstić information content (AvgIpc) is 2.82. The molecule has 102 valence electrons. The van der Waals surface area contributed by atoms with Crippen LogP contribution in [0.15, 0.2) is 0 Å². The molecule has 0 aromatic carbocycles. The van der Waals surface area contributed by atoms with E-state index >= 15 is 0 Å². The second-order valence-corrected chi connectivity index (χ2v) is 6.73. The molecule has 5 unspecified atom stereocenters. The third kappa shape index (κ3) is 1.78. The number of nitrogens with two attached hydrogens (primary N) is 1. The standard InChI is InChI=1S/C15H26N2O/c1-3-17(8-9(2)7-16)15(18)14-12-10-4-5-11(6-10)13(12)14/h9-14H,3-8,16H2,1-2H3. The van der Waals surface area contributed by atoms with Crippen molar-refractivity contribution in [3.8, 4) is 0 Å². The SMILES string of the molecule is CCN(CC(C)CN)C(=O)C1C2C3CCC(C3)C12. The highest BCUT2D eigenvalue weighted by molar-refractivity contribution is 5.83. The van der Waals surface area contributed by atoms with Crippen LogP contribution in [0.5, 0.6) is 0 Å². The van der Waals surface area contributed by atoms with E-state index in [9.17, 15) is 4.79 Å². The van der Waals surface area contributed by atoms with Crippen molar-refractivity contribution in [2.45, 2.75) is 33.1 Å². The zero-order chi connectivity index (χ0) is 12.9. The number of hydrogen-bond donors (Lipinski definition) is 1. The van der Waals surface area contributed by atoms with Crippen LogP contribution >= 0.6 is 0 Å². The van der Waals surface area contributed by atoms with Gasteiger partial charge < -0.3 is 10.6 Å². The minimum absolute atomic E-state index is 0.390. The van der Waals surface area contributed by atoms with Crippen LogP contribution in [0, 0.1) is 35.5 Å². The number of hydrogen-bond acceptors (Lipinski definition) is 2. The zero-order valence-electron chi connectivity index (χ0n) is 11.6. The number of amides is 1. The van der Waals surface area contributed by atoms with Crippen molar-refractivity contribution in [2.75, 3.05) is 19.6 Å². The highest BCUT2D eigenvalue weighted by Gasteiger charge is 2.67. The molecule has 2 bridgehead atoms. The van der Waals surface area contributed by atoms with Gasteiger partial charge in [-0.05, 0) is 62.3 Å². The maximum atomic E-state index is 12.6. The summed E-state index contributed by atoms with van der Waals surface area (Å²) in [5.74, 6) is 4.55. The molecule has 18 heavy (non-hydrogen) atoms. The van der Waals surface area contributed by atoms with Gasteiger partial charge in [0.05, 0.1) is 0 Å². The maximum absolute atomic E-state index is 12.6. The van der Waals surface area contributed by atoms with Crippen molar-refractivity contribution in [3.05, 3.63) is 0 Å². The van der Waals surface area contributed by atoms with Gasteiger partial charge in [-0.3, -0.25) is 4.79 Å². The normalized spacial score (nSPS) is 41.6. The number of carbonyl (C=O) groups excluding carboxylic acids is 1. The van der Waals surface area contributed by atoms with Gasteiger partial charge in [0.25, 0.3) is 0 Å². The Kier molecular flexibility index (Phi) is 3.13. The number of nitrogens with zero attached hydrogens (tertiary/aromatic N) is 1.